The highest BCUT2D eigenvalue weighted by atomic mass is 35.5. The molecule has 78 valence electrons. The molecule has 0 fully saturated rings. The van der Waals surface area contributed by atoms with Crippen LogP contribution in [0.5, 0.6) is 0 Å². The number of aromatic carboxylic acids is 1. The molecule has 1 aromatic rings. The number of nitrogens with zero attached hydrogens (tertiary/aromatic N) is 2. The molecule has 0 aliphatic carbocycles. The lowest BCUT2D eigenvalue weighted by Crippen LogP contribution is -2.14. The van der Waals surface area contributed by atoms with Gasteiger partial charge in [-0.1, -0.05) is 11.6 Å². The van der Waals surface area contributed by atoms with Gasteiger partial charge in [-0.2, -0.15) is 5.10 Å². The first-order valence-corrected chi connectivity index (χ1v) is 4.20. The number of hydrogen-bond donors (Lipinski definition) is 3. The second-order valence-corrected chi connectivity index (χ2v) is 3.09. The molecule has 7 heteroatoms. The Kier molecular flexibility index (Phi) is 3.10. The van der Waals surface area contributed by atoms with E-state index in [2.05, 4.69) is 5.10 Å². The van der Waals surface area contributed by atoms with Gasteiger partial charge >= 0.3 is 5.97 Å². The molecule has 0 spiro atoms. The molecule has 1 aromatic heterocycles. The molecule has 6 nitrogen and oxygen atoms in total. The van der Waals surface area contributed by atoms with Crippen molar-refractivity contribution in [1.82, 2.24) is 9.78 Å². The summed E-state index contributed by atoms with van der Waals surface area (Å²) in [5.41, 5.74) is 5.00. The zero-order valence-corrected chi connectivity index (χ0v) is 8.19. The van der Waals surface area contributed by atoms with Gasteiger partial charge in [-0.25, -0.2) is 4.79 Å². The van der Waals surface area contributed by atoms with E-state index in [0.29, 0.717) is 0 Å². The van der Waals surface area contributed by atoms with Crippen LogP contribution in [-0.4, -0.2) is 32.5 Å². The fraction of sp³-hybridized carbons (Fsp3) is 0.429. The molecule has 0 saturated heterocycles. The smallest absolute Gasteiger partial charge is 0.356 e. The number of aryl methyl sites for hydroxylation is 1. The molecular weight excluding hydrogens is 210 g/mol. The molecule has 14 heavy (non-hydrogen) atoms. The minimum atomic E-state index is -1.24. The van der Waals surface area contributed by atoms with Crippen molar-refractivity contribution in [2.24, 2.45) is 12.8 Å². The summed E-state index contributed by atoms with van der Waals surface area (Å²) in [7, 11) is 1.49. The maximum absolute atomic E-state index is 10.7. The van der Waals surface area contributed by atoms with Gasteiger partial charge in [0.2, 0.25) is 0 Å². The van der Waals surface area contributed by atoms with Crippen LogP contribution in [0.25, 0.3) is 0 Å². The average Bonchev–Trinajstić information content (AvgIpc) is 2.43. The Labute approximate surface area is 84.9 Å². The number of carboxylic acid groups (broad SMARTS) is 1. The van der Waals surface area contributed by atoms with E-state index < -0.39 is 12.1 Å². The number of carbonyl (C=O) groups is 1. The van der Waals surface area contributed by atoms with Gasteiger partial charge in [0.15, 0.2) is 5.69 Å². The standard InChI is InChI=1S/C7H10ClN3O3/c1-11-6(8)4(3(12)2-9)5(10-11)7(13)14/h3,12H,2,9H2,1H3,(H,13,14). The van der Waals surface area contributed by atoms with Crippen molar-refractivity contribution >= 4 is 17.6 Å². The third-order valence-electron chi connectivity index (χ3n) is 1.77. The van der Waals surface area contributed by atoms with Gasteiger partial charge < -0.3 is 15.9 Å². The van der Waals surface area contributed by atoms with Crippen LogP contribution in [0, 0.1) is 0 Å². The molecule has 4 N–H and O–H groups in total. The summed E-state index contributed by atoms with van der Waals surface area (Å²) >= 11 is 5.75. The van der Waals surface area contributed by atoms with E-state index in [1.54, 1.807) is 0 Å². The molecule has 1 heterocycles. The van der Waals surface area contributed by atoms with E-state index in [1.165, 1.54) is 11.7 Å². The van der Waals surface area contributed by atoms with Crippen molar-refractivity contribution in [2.45, 2.75) is 6.10 Å². The lowest BCUT2D eigenvalue weighted by atomic mass is 10.1. The molecule has 1 atom stereocenters. The van der Waals surface area contributed by atoms with Crippen LogP contribution in [0.3, 0.4) is 0 Å². The summed E-state index contributed by atoms with van der Waals surface area (Å²) in [6.07, 6.45) is -1.11. The zero-order chi connectivity index (χ0) is 10.9. The van der Waals surface area contributed by atoms with Crippen LogP contribution in [0.2, 0.25) is 5.15 Å². The quantitative estimate of drug-likeness (QED) is 0.652. The van der Waals surface area contributed by atoms with Gasteiger partial charge in [0.05, 0.1) is 11.7 Å². The van der Waals surface area contributed by atoms with Gasteiger partial charge in [0, 0.05) is 13.6 Å². The summed E-state index contributed by atoms with van der Waals surface area (Å²) in [4.78, 5) is 10.7. The number of rotatable bonds is 3. The first-order chi connectivity index (χ1) is 6.49. The van der Waals surface area contributed by atoms with Gasteiger partial charge in [-0.05, 0) is 0 Å². The van der Waals surface area contributed by atoms with Gasteiger partial charge in [0.25, 0.3) is 0 Å². The lowest BCUT2D eigenvalue weighted by Gasteiger charge is -2.06. The number of aromatic nitrogens is 2. The van der Waals surface area contributed by atoms with E-state index in [1.807, 2.05) is 0 Å². The number of aliphatic hydroxyl groups excluding tert-OH is 1. The molecule has 1 rings (SSSR count). The van der Waals surface area contributed by atoms with E-state index >= 15 is 0 Å². The summed E-state index contributed by atoms with van der Waals surface area (Å²) < 4.78 is 1.18. The normalized spacial score (nSPS) is 12.9. The van der Waals surface area contributed by atoms with E-state index in [0.717, 1.165) is 0 Å². The number of hydrogen-bond acceptors (Lipinski definition) is 4. The van der Waals surface area contributed by atoms with Crippen LogP contribution < -0.4 is 5.73 Å². The monoisotopic (exact) mass is 219 g/mol. The molecule has 0 saturated carbocycles. The summed E-state index contributed by atoms with van der Waals surface area (Å²) in [6.45, 7) is -0.105. The van der Waals surface area contributed by atoms with Crippen molar-refractivity contribution in [2.75, 3.05) is 6.54 Å². The van der Waals surface area contributed by atoms with Crippen LogP contribution >= 0.6 is 11.6 Å². The highest BCUT2D eigenvalue weighted by molar-refractivity contribution is 6.30. The van der Waals surface area contributed by atoms with Crippen molar-refractivity contribution in [3.63, 3.8) is 0 Å². The number of carboxylic acids is 1. The molecule has 0 amide bonds. The topological polar surface area (TPSA) is 101 Å². The van der Waals surface area contributed by atoms with Crippen molar-refractivity contribution < 1.29 is 15.0 Å². The predicted octanol–water partition coefficient (Wildman–Crippen LogP) is -0.236. The Bertz CT molecular complexity index is 363. The molecule has 0 aromatic carbocycles. The summed E-state index contributed by atoms with van der Waals surface area (Å²) in [5.74, 6) is -1.24. The number of halogens is 1. The summed E-state index contributed by atoms with van der Waals surface area (Å²) in [5, 5.41) is 21.9. The van der Waals surface area contributed by atoms with Crippen LogP contribution in [0.4, 0.5) is 0 Å². The fourth-order valence-corrected chi connectivity index (χ4v) is 1.34. The number of aliphatic hydroxyl groups is 1. The van der Waals surface area contributed by atoms with Crippen LogP contribution in [0.1, 0.15) is 22.2 Å². The van der Waals surface area contributed by atoms with Gasteiger partial charge in [0.1, 0.15) is 5.15 Å². The molecule has 1 unspecified atom stereocenters. The number of nitrogens with two attached hydrogens (primary N) is 1. The van der Waals surface area contributed by atoms with E-state index in [9.17, 15) is 9.90 Å². The Morgan fingerprint density at radius 2 is 2.36 bits per heavy atom. The Hall–Kier alpha value is -1.11. The lowest BCUT2D eigenvalue weighted by molar-refractivity contribution is 0.0682. The minimum absolute atomic E-state index is 0.0594. The Morgan fingerprint density at radius 3 is 2.79 bits per heavy atom. The predicted molar refractivity (Wildman–Crippen MR) is 49.2 cm³/mol. The third kappa shape index (κ3) is 1.72. The fourth-order valence-electron chi connectivity index (χ4n) is 1.09. The van der Waals surface area contributed by atoms with Crippen LogP contribution in [0.15, 0.2) is 0 Å². The molecular formula is C7H10ClN3O3. The Balaban J connectivity index is 3.30. The SMILES string of the molecule is Cn1nc(C(=O)O)c(C(O)CN)c1Cl. The Morgan fingerprint density at radius 1 is 1.79 bits per heavy atom. The minimum Gasteiger partial charge on any atom is -0.476 e. The first-order valence-electron chi connectivity index (χ1n) is 3.82. The highest BCUT2D eigenvalue weighted by Crippen LogP contribution is 2.25. The molecule has 0 aliphatic rings. The second-order valence-electron chi connectivity index (χ2n) is 2.73. The maximum Gasteiger partial charge on any atom is 0.356 e. The first kappa shape index (κ1) is 11.0. The van der Waals surface area contributed by atoms with Crippen LogP contribution in [-0.2, 0) is 7.05 Å². The maximum atomic E-state index is 10.7. The van der Waals surface area contributed by atoms with Gasteiger partial charge in [-0.3, -0.25) is 4.68 Å². The zero-order valence-electron chi connectivity index (χ0n) is 7.44. The highest BCUT2D eigenvalue weighted by Gasteiger charge is 2.24. The second kappa shape index (κ2) is 3.95. The van der Waals surface area contributed by atoms with Crippen molar-refractivity contribution in [3.8, 4) is 0 Å². The van der Waals surface area contributed by atoms with Gasteiger partial charge in [-0.15, -0.1) is 0 Å². The average molecular weight is 220 g/mol. The van der Waals surface area contributed by atoms with E-state index in [4.69, 9.17) is 22.4 Å². The van der Waals surface area contributed by atoms with Crippen molar-refractivity contribution in [1.29, 1.82) is 0 Å². The third-order valence-corrected chi connectivity index (χ3v) is 2.22. The molecule has 0 aliphatic heterocycles. The summed E-state index contributed by atoms with van der Waals surface area (Å²) in [6, 6.07) is 0. The largest absolute Gasteiger partial charge is 0.476 e. The van der Waals surface area contributed by atoms with Crippen molar-refractivity contribution in [3.05, 3.63) is 16.4 Å². The molecule has 0 bridgehead atoms. The molecule has 0 radical (unpaired) electrons. The van der Waals surface area contributed by atoms with E-state index in [-0.39, 0.29) is 23.0 Å².